The minimum Gasteiger partial charge on any atom is -0.462 e. The van der Waals surface area contributed by atoms with Gasteiger partial charge < -0.3 is 9.47 Å². The number of ether oxygens (including phenoxy) is 2. The Balaban J connectivity index is 2.00. The number of carbonyl (C=O) groups is 2. The quantitative estimate of drug-likeness (QED) is 0.535. The summed E-state index contributed by atoms with van der Waals surface area (Å²) >= 11 is 0. The van der Waals surface area contributed by atoms with Gasteiger partial charge in [0.2, 0.25) is 0 Å². The van der Waals surface area contributed by atoms with E-state index in [1.165, 1.54) is 0 Å². The van der Waals surface area contributed by atoms with Crippen molar-refractivity contribution in [3.05, 3.63) is 71.8 Å². The Bertz CT molecular complexity index is 697. The first-order chi connectivity index (χ1) is 13.2. The first-order valence-corrected chi connectivity index (χ1v) is 9.63. The van der Waals surface area contributed by atoms with E-state index in [0.717, 1.165) is 25.7 Å². The maximum Gasteiger partial charge on any atom is 0.338 e. The zero-order valence-corrected chi connectivity index (χ0v) is 16.1. The molecule has 2 rings (SSSR count). The SMILES string of the molecule is CCCCC(OC(=O)c1ccccc1)C(CC)COC(=O)c1ccccc1. The van der Waals surface area contributed by atoms with E-state index in [0.29, 0.717) is 11.1 Å². The van der Waals surface area contributed by atoms with Gasteiger partial charge in [0, 0.05) is 5.92 Å². The number of rotatable bonds is 10. The summed E-state index contributed by atoms with van der Waals surface area (Å²) < 4.78 is 11.3. The molecule has 0 aliphatic carbocycles. The molecular weight excluding hydrogens is 340 g/mol. The number of hydrogen-bond donors (Lipinski definition) is 0. The average Bonchev–Trinajstić information content (AvgIpc) is 2.73. The molecule has 0 heterocycles. The second-order valence-electron chi connectivity index (χ2n) is 6.58. The standard InChI is InChI=1S/C23H28O4/c1-3-5-16-21(27-23(25)20-14-10-7-11-15-20)18(4-2)17-26-22(24)19-12-8-6-9-13-19/h6-15,18,21H,3-5,16-17H2,1-2H3. The highest BCUT2D eigenvalue weighted by Crippen LogP contribution is 2.21. The molecule has 4 heteroatoms. The summed E-state index contributed by atoms with van der Waals surface area (Å²) in [5, 5.41) is 0. The summed E-state index contributed by atoms with van der Waals surface area (Å²) in [5.74, 6) is -0.709. The van der Waals surface area contributed by atoms with Crippen LogP contribution in [0.2, 0.25) is 0 Å². The largest absolute Gasteiger partial charge is 0.462 e. The number of carbonyl (C=O) groups excluding carboxylic acids is 2. The van der Waals surface area contributed by atoms with Crippen molar-refractivity contribution in [2.75, 3.05) is 6.61 Å². The summed E-state index contributed by atoms with van der Waals surface area (Å²) in [4.78, 5) is 24.7. The van der Waals surface area contributed by atoms with Crippen LogP contribution in [0.3, 0.4) is 0 Å². The molecule has 0 saturated heterocycles. The third-order valence-corrected chi connectivity index (χ3v) is 4.60. The van der Waals surface area contributed by atoms with E-state index < -0.39 is 0 Å². The van der Waals surface area contributed by atoms with Crippen molar-refractivity contribution in [2.24, 2.45) is 5.92 Å². The lowest BCUT2D eigenvalue weighted by Crippen LogP contribution is -2.31. The fourth-order valence-corrected chi connectivity index (χ4v) is 2.90. The molecule has 144 valence electrons. The molecule has 27 heavy (non-hydrogen) atoms. The lowest BCUT2D eigenvalue weighted by atomic mass is 9.95. The van der Waals surface area contributed by atoms with E-state index >= 15 is 0 Å². The first kappa shape index (κ1) is 20.7. The van der Waals surface area contributed by atoms with Gasteiger partial charge in [0.15, 0.2) is 0 Å². The molecule has 4 nitrogen and oxygen atoms in total. The Hall–Kier alpha value is -2.62. The van der Waals surface area contributed by atoms with Crippen LogP contribution in [0.4, 0.5) is 0 Å². The van der Waals surface area contributed by atoms with E-state index in [-0.39, 0.29) is 30.6 Å². The van der Waals surface area contributed by atoms with Gasteiger partial charge in [-0.25, -0.2) is 9.59 Å². The molecule has 0 amide bonds. The van der Waals surface area contributed by atoms with E-state index in [1.54, 1.807) is 36.4 Å². The van der Waals surface area contributed by atoms with Crippen molar-refractivity contribution in [3.8, 4) is 0 Å². The number of hydrogen-bond acceptors (Lipinski definition) is 4. The summed E-state index contributed by atoms with van der Waals surface area (Å²) in [5.41, 5.74) is 1.06. The van der Waals surface area contributed by atoms with Gasteiger partial charge in [-0.1, -0.05) is 63.1 Å². The van der Waals surface area contributed by atoms with Crippen molar-refractivity contribution >= 4 is 11.9 Å². The van der Waals surface area contributed by atoms with Crippen LogP contribution in [0.1, 0.15) is 60.2 Å². The molecule has 0 saturated carbocycles. The molecular formula is C23H28O4. The van der Waals surface area contributed by atoms with E-state index in [4.69, 9.17) is 9.47 Å². The lowest BCUT2D eigenvalue weighted by molar-refractivity contribution is -0.00828. The van der Waals surface area contributed by atoms with Crippen LogP contribution < -0.4 is 0 Å². The maximum absolute atomic E-state index is 12.5. The number of benzene rings is 2. The molecule has 0 spiro atoms. The van der Waals surface area contributed by atoms with Gasteiger partial charge in [-0.05, 0) is 37.1 Å². The molecule has 0 aliphatic rings. The minimum absolute atomic E-state index is 0.0307. The molecule has 0 fully saturated rings. The molecule has 2 aromatic rings. The molecule has 0 aliphatic heterocycles. The van der Waals surface area contributed by atoms with Crippen LogP contribution in [0.5, 0.6) is 0 Å². The van der Waals surface area contributed by atoms with Gasteiger partial charge in [-0.15, -0.1) is 0 Å². The Kier molecular flexibility index (Phi) is 8.56. The van der Waals surface area contributed by atoms with Gasteiger partial charge in [-0.3, -0.25) is 0 Å². The molecule has 2 unspecified atom stereocenters. The Morgan fingerprint density at radius 2 is 1.41 bits per heavy atom. The predicted molar refractivity (Wildman–Crippen MR) is 106 cm³/mol. The lowest BCUT2D eigenvalue weighted by Gasteiger charge is -2.26. The smallest absolute Gasteiger partial charge is 0.338 e. The Morgan fingerprint density at radius 1 is 0.852 bits per heavy atom. The second kappa shape index (κ2) is 11.2. The molecule has 0 radical (unpaired) electrons. The zero-order valence-electron chi connectivity index (χ0n) is 16.1. The first-order valence-electron chi connectivity index (χ1n) is 9.63. The Morgan fingerprint density at radius 3 is 1.93 bits per heavy atom. The highest BCUT2D eigenvalue weighted by atomic mass is 16.6. The van der Waals surface area contributed by atoms with Crippen LogP contribution in [-0.2, 0) is 9.47 Å². The average molecular weight is 368 g/mol. The monoisotopic (exact) mass is 368 g/mol. The van der Waals surface area contributed by atoms with Crippen LogP contribution in [0.25, 0.3) is 0 Å². The van der Waals surface area contributed by atoms with E-state index in [2.05, 4.69) is 6.92 Å². The predicted octanol–water partition coefficient (Wildman–Crippen LogP) is 5.29. The van der Waals surface area contributed by atoms with Crippen LogP contribution in [0, 0.1) is 5.92 Å². The molecule has 0 aromatic heterocycles. The highest BCUT2D eigenvalue weighted by molar-refractivity contribution is 5.89. The highest BCUT2D eigenvalue weighted by Gasteiger charge is 2.25. The summed E-state index contributed by atoms with van der Waals surface area (Å²) in [6.07, 6.45) is 3.22. The van der Waals surface area contributed by atoms with E-state index in [9.17, 15) is 9.59 Å². The fourth-order valence-electron chi connectivity index (χ4n) is 2.90. The van der Waals surface area contributed by atoms with Crippen molar-refractivity contribution in [1.82, 2.24) is 0 Å². The van der Waals surface area contributed by atoms with Gasteiger partial charge in [0.25, 0.3) is 0 Å². The topological polar surface area (TPSA) is 52.6 Å². The Labute approximate surface area is 161 Å². The summed E-state index contributed by atoms with van der Waals surface area (Å²) in [7, 11) is 0. The van der Waals surface area contributed by atoms with Crippen LogP contribution in [0.15, 0.2) is 60.7 Å². The van der Waals surface area contributed by atoms with Gasteiger partial charge in [0.1, 0.15) is 6.10 Å². The van der Waals surface area contributed by atoms with Crippen molar-refractivity contribution < 1.29 is 19.1 Å². The molecule has 0 bridgehead atoms. The van der Waals surface area contributed by atoms with Crippen molar-refractivity contribution in [3.63, 3.8) is 0 Å². The molecule has 2 aromatic carbocycles. The number of unbranched alkanes of at least 4 members (excludes halogenated alkanes) is 1. The van der Waals surface area contributed by atoms with Crippen molar-refractivity contribution in [1.29, 1.82) is 0 Å². The van der Waals surface area contributed by atoms with Gasteiger partial charge >= 0.3 is 11.9 Å². The van der Waals surface area contributed by atoms with Gasteiger partial charge in [0.05, 0.1) is 17.7 Å². The summed E-state index contributed by atoms with van der Waals surface area (Å²) in [6.45, 7) is 4.36. The van der Waals surface area contributed by atoms with E-state index in [1.807, 2.05) is 31.2 Å². The third-order valence-electron chi connectivity index (χ3n) is 4.60. The zero-order chi connectivity index (χ0) is 19.5. The third kappa shape index (κ3) is 6.55. The number of esters is 2. The van der Waals surface area contributed by atoms with Crippen LogP contribution >= 0.6 is 0 Å². The second-order valence-corrected chi connectivity index (χ2v) is 6.58. The molecule has 2 atom stereocenters. The minimum atomic E-state index is -0.349. The summed E-state index contributed by atoms with van der Waals surface area (Å²) in [6, 6.07) is 17.9. The maximum atomic E-state index is 12.5. The fraction of sp³-hybridized carbons (Fsp3) is 0.391. The molecule has 0 N–H and O–H groups in total. The van der Waals surface area contributed by atoms with Gasteiger partial charge in [-0.2, -0.15) is 0 Å². The van der Waals surface area contributed by atoms with Crippen molar-refractivity contribution in [2.45, 2.75) is 45.6 Å². The normalized spacial score (nSPS) is 12.8. The van der Waals surface area contributed by atoms with Crippen LogP contribution in [-0.4, -0.2) is 24.6 Å².